The fourth-order valence-corrected chi connectivity index (χ4v) is 2.55. The van der Waals surface area contributed by atoms with Crippen LogP contribution in [0, 0.1) is 6.92 Å². The lowest BCUT2D eigenvalue weighted by molar-refractivity contribution is 0.0527. The van der Waals surface area contributed by atoms with E-state index in [0.29, 0.717) is 17.9 Å². The third kappa shape index (κ3) is 3.30. The second-order valence-electron chi connectivity index (χ2n) is 4.20. The fraction of sp³-hybridized carbons (Fsp3) is 0.200. The minimum Gasteiger partial charge on any atom is -0.462 e. The first-order valence-corrected chi connectivity index (χ1v) is 7.09. The van der Waals surface area contributed by atoms with E-state index >= 15 is 0 Å². The molecule has 4 nitrogen and oxygen atoms in total. The highest BCUT2D eigenvalue weighted by Gasteiger charge is 2.13. The summed E-state index contributed by atoms with van der Waals surface area (Å²) in [5, 5.41) is 0.719. The summed E-state index contributed by atoms with van der Waals surface area (Å²) in [5.74, 6) is -0.418. The van der Waals surface area contributed by atoms with Crippen LogP contribution in [0.5, 0.6) is 0 Å². The number of rotatable bonds is 4. The molecule has 2 aromatic rings. The van der Waals surface area contributed by atoms with Crippen LogP contribution >= 0.6 is 11.8 Å². The monoisotopic (exact) mass is 288 g/mol. The Hall–Kier alpha value is -2.01. The Balaban J connectivity index is 2.28. The minimum absolute atomic E-state index is 0.320. The molecule has 5 heteroatoms. The van der Waals surface area contributed by atoms with E-state index in [2.05, 4.69) is 4.98 Å². The number of nitrogens with zero attached hydrogens (tertiary/aromatic N) is 1. The number of carbonyl (C=O) groups excluding carboxylic acids is 1. The van der Waals surface area contributed by atoms with Crippen molar-refractivity contribution in [1.82, 2.24) is 4.98 Å². The average molecular weight is 288 g/mol. The molecular formula is C15H16N2O2S. The topological polar surface area (TPSA) is 65.2 Å². The van der Waals surface area contributed by atoms with Crippen molar-refractivity contribution in [2.75, 3.05) is 12.3 Å². The van der Waals surface area contributed by atoms with Gasteiger partial charge in [0.25, 0.3) is 0 Å². The van der Waals surface area contributed by atoms with Gasteiger partial charge in [-0.1, -0.05) is 30.0 Å². The Morgan fingerprint density at radius 2 is 2.15 bits per heavy atom. The van der Waals surface area contributed by atoms with E-state index in [1.54, 1.807) is 13.0 Å². The van der Waals surface area contributed by atoms with E-state index in [4.69, 9.17) is 10.5 Å². The third-order valence-electron chi connectivity index (χ3n) is 2.71. The first-order chi connectivity index (χ1) is 9.61. The number of anilines is 1. The molecule has 0 radical (unpaired) electrons. The van der Waals surface area contributed by atoms with Crippen molar-refractivity contribution in [2.45, 2.75) is 23.8 Å². The summed E-state index contributed by atoms with van der Waals surface area (Å²) >= 11 is 1.50. The van der Waals surface area contributed by atoms with Crippen LogP contribution in [0.15, 0.2) is 46.5 Å². The molecule has 1 heterocycles. The number of aryl methyl sites for hydroxylation is 1. The Morgan fingerprint density at radius 1 is 1.40 bits per heavy atom. The quantitative estimate of drug-likeness (QED) is 0.874. The van der Waals surface area contributed by atoms with Crippen LogP contribution in [0.3, 0.4) is 0 Å². The van der Waals surface area contributed by atoms with Crippen LogP contribution in [0.1, 0.15) is 22.8 Å². The molecule has 0 spiro atoms. The van der Waals surface area contributed by atoms with Gasteiger partial charge in [0, 0.05) is 4.90 Å². The van der Waals surface area contributed by atoms with Crippen LogP contribution in [0.25, 0.3) is 0 Å². The molecule has 1 aromatic heterocycles. The largest absolute Gasteiger partial charge is 0.462 e. The van der Waals surface area contributed by atoms with Crippen LogP contribution in [-0.4, -0.2) is 17.6 Å². The van der Waals surface area contributed by atoms with Crippen molar-refractivity contribution in [3.8, 4) is 0 Å². The molecule has 2 rings (SSSR count). The SMILES string of the molecule is CCOC(=O)c1cc(Sc2ccccc2C)ncc1N. The van der Waals surface area contributed by atoms with Crippen molar-refractivity contribution in [3.05, 3.63) is 47.7 Å². The summed E-state index contributed by atoms with van der Waals surface area (Å²) in [6.07, 6.45) is 1.49. The predicted octanol–water partition coefficient (Wildman–Crippen LogP) is 3.30. The van der Waals surface area contributed by atoms with Gasteiger partial charge in [0.2, 0.25) is 0 Å². The highest BCUT2D eigenvalue weighted by atomic mass is 32.2. The standard InChI is InChI=1S/C15H16N2O2S/c1-3-19-15(18)11-8-14(17-9-12(11)16)20-13-7-5-4-6-10(13)2/h4-9H,3,16H2,1-2H3. The van der Waals surface area contributed by atoms with Gasteiger partial charge in [0.15, 0.2) is 0 Å². The number of pyridine rings is 1. The summed E-state index contributed by atoms with van der Waals surface area (Å²) in [6, 6.07) is 9.68. The van der Waals surface area contributed by atoms with E-state index in [-0.39, 0.29) is 0 Å². The zero-order valence-corrected chi connectivity index (χ0v) is 12.2. The summed E-state index contributed by atoms with van der Waals surface area (Å²) < 4.78 is 4.98. The summed E-state index contributed by atoms with van der Waals surface area (Å²) in [7, 11) is 0. The molecule has 2 N–H and O–H groups in total. The van der Waals surface area contributed by atoms with Crippen molar-refractivity contribution in [3.63, 3.8) is 0 Å². The number of aromatic nitrogens is 1. The normalized spacial score (nSPS) is 10.3. The molecule has 0 unspecified atom stereocenters. The van der Waals surface area contributed by atoms with Crippen LogP contribution in [-0.2, 0) is 4.74 Å². The van der Waals surface area contributed by atoms with E-state index in [0.717, 1.165) is 15.5 Å². The van der Waals surface area contributed by atoms with Crippen LogP contribution < -0.4 is 5.73 Å². The van der Waals surface area contributed by atoms with Crippen LogP contribution in [0.4, 0.5) is 5.69 Å². The van der Waals surface area contributed by atoms with Gasteiger partial charge >= 0.3 is 5.97 Å². The first-order valence-electron chi connectivity index (χ1n) is 6.28. The van der Waals surface area contributed by atoms with Crippen molar-refractivity contribution < 1.29 is 9.53 Å². The molecule has 0 aliphatic rings. The lowest BCUT2D eigenvalue weighted by Gasteiger charge is -2.08. The van der Waals surface area contributed by atoms with Crippen molar-refractivity contribution >= 4 is 23.4 Å². The fourth-order valence-electron chi connectivity index (χ4n) is 1.67. The minimum atomic E-state index is -0.418. The number of benzene rings is 1. The Bertz CT molecular complexity index is 629. The summed E-state index contributed by atoms with van der Waals surface area (Å²) in [5.41, 5.74) is 7.62. The number of esters is 1. The van der Waals surface area contributed by atoms with Gasteiger partial charge < -0.3 is 10.5 Å². The molecule has 0 bridgehead atoms. The van der Waals surface area contributed by atoms with Crippen molar-refractivity contribution in [1.29, 1.82) is 0 Å². The zero-order valence-electron chi connectivity index (χ0n) is 11.4. The lowest BCUT2D eigenvalue weighted by atomic mass is 10.2. The molecule has 0 atom stereocenters. The smallest absolute Gasteiger partial charge is 0.340 e. The van der Waals surface area contributed by atoms with E-state index in [1.165, 1.54) is 18.0 Å². The highest BCUT2D eigenvalue weighted by Crippen LogP contribution is 2.30. The van der Waals surface area contributed by atoms with Gasteiger partial charge in [-0.2, -0.15) is 0 Å². The third-order valence-corrected chi connectivity index (χ3v) is 3.82. The second kappa shape index (κ2) is 6.43. The van der Waals surface area contributed by atoms with Gasteiger partial charge in [0.1, 0.15) is 5.03 Å². The predicted molar refractivity (Wildman–Crippen MR) is 79.9 cm³/mol. The molecule has 0 aliphatic heterocycles. The molecule has 20 heavy (non-hydrogen) atoms. The number of hydrogen-bond acceptors (Lipinski definition) is 5. The van der Waals surface area contributed by atoms with E-state index < -0.39 is 5.97 Å². The molecule has 0 amide bonds. The highest BCUT2D eigenvalue weighted by molar-refractivity contribution is 7.99. The molecule has 1 aromatic carbocycles. The van der Waals surface area contributed by atoms with Gasteiger partial charge in [-0.25, -0.2) is 9.78 Å². The number of carbonyl (C=O) groups is 1. The number of nitrogen functional groups attached to an aromatic ring is 1. The maximum absolute atomic E-state index is 11.8. The van der Waals surface area contributed by atoms with E-state index in [1.807, 2.05) is 31.2 Å². The summed E-state index contributed by atoms with van der Waals surface area (Å²) in [6.45, 7) is 4.12. The van der Waals surface area contributed by atoms with Gasteiger partial charge in [0.05, 0.1) is 24.1 Å². The van der Waals surface area contributed by atoms with Gasteiger partial charge in [-0.05, 0) is 31.5 Å². The van der Waals surface area contributed by atoms with Crippen LogP contribution in [0.2, 0.25) is 0 Å². The average Bonchev–Trinajstić information content (AvgIpc) is 2.43. The Kier molecular flexibility index (Phi) is 4.63. The molecule has 0 saturated heterocycles. The van der Waals surface area contributed by atoms with Crippen molar-refractivity contribution in [2.24, 2.45) is 0 Å². The van der Waals surface area contributed by atoms with E-state index in [9.17, 15) is 4.79 Å². The second-order valence-corrected chi connectivity index (χ2v) is 5.26. The molecule has 0 fully saturated rings. The maximum atomic E-state index is 11.8. The number of ether oxygens (including phenoxy) is 1. The molecular weight excluding hydrogens is 272 g/mol. The molecule has 0 saturated carbocycles. The summed E-state index contributed by atoms with van der Waals surface area (Å²) in [4.78, 5) is 17.1. The Labute approximate surface area is 122 Å². The van der Waals surface area contributed by atoms with Gasteiger partial charge in [-0.3, -0.25) is 0 Å². The number of hydrogen-bond donors (Lipinski definition) is 1. The maximum Gasteiger partial charge on any atom is 0.340 e. The number of nitrogens with two attached hydrogens (primary N) is 1. The zero-order chi connectivity index (χ0) is 14.5. The molecule has 0 aliphatic carbocycles. The first kappa shape index (κ1) is 14.4. The lowest BCUT2D eigenvalue weighted by Crippen LogP contribution is -2.08. The van der Waals surface area contributed by atoms with Gasteiger partial charge in [-0.15, -0.1) is 0 Å². The Morgan fingerprint density at radius 3 is 2.85 bits per heavy atom. The molecule has 104 valence electrons.